The zero-order valence-corrected chi connectivity index (χ0v) is 19.9. The van der Waals surface area contributed by atoms with Crippen molar-refractivity contribution in [1.82, 2.24) is 25.6 Å². The molecule has 0 spiro atoms. The van der Waals surface area contributed by atoms with Gasteiger partial charge in [-0.25, -0.2) is 18.7 Å². The van der Waals surface area contributed by atoms with Crippen LogP contribution in [-0.2, 0) is 0 Å². The van der Waals surface area contributed by atoms with Crippen molar-refractivity contribution in [3.05, 3.63) is 64.0 Å². The lowest BCUT2D eigenvalue weighted by Crippen LogP contribution is -2.43. The molecule has 1 aliphatic heterocycles. The number of hydrogen-bond donors (Lipinski definition) is 3. The number of fused-ring (bicyclic) bond motifs is 1. The van der Waals surface area contributed by atoms with E-state index in [-0.39, 0.29) is 11.3 Å². The van der Waals surface area contributed by atoms with Gasteiger partial charge in [0.2, 0.25) is 0 Å². The van der Waals surface area contributed by atoms with Crippen molar-refractivity contribution < 1.29 is 13.6 Å². The highest BCUT2D eigenvalue weighted by Crippen LogP contribution is 2.36. The van der Waals surface area contributed by atoms with E-state index in [1.165, 1.54) is 31.7 Å². The molecule has 0 bridgehead atoms. The molecule has 3 aromatic rings. The maximum atomic E-state index is 13.7. The van der Waals surface area contributed by atoms with Gasteiger partial charge in [0.25, 0.3) is 11.5 Å². The minimum atomic E-state index is -0.583. The van der Waals surface area contributed by atoms with Gasteiger partial charge in [-0.2, -0.15) is 0 Å². The number of aromatic amines is 1. The Morgan fingerprint density at radius 1 is 1.17 bits per heavy atom. The van der Waals surface area contributed by atoms with Gasteiger partial charge < -0.3 is 20.5 Å². The first-order valence-corrected chi connectivity index (χ1v) is 11.9. The predicted octanol–water partition coefficient (Wildman–Crippen LogP) is 2.96. The second kappa shape index (κ2) is 10.9. The van der Waals surface area contributed by atoms with E-state index in [0.717, 1.165) is 50.5 Å². The monoisotopic (exact) mass is 484 g/mol. The summed E-state index contributed by atoms with van der Waals surface area (Å²) in [4.78, 5) is 36.4. The minimum absolute atomic E-state index is 0.161. The van der Waals surface area contributed by atoms with Crippen LogP contribution in [-0.4, -0.2) is 54.1 Å². The molecular formula is C25H30F2N6O2. The van der Waals surface area contributed by atoms with E-state index < -0.39 is 17.5 Å². The molecule has 10 heteroatoms. The van der Waals surface area contributed by atoms with Crippen LogP contribution in [0.1, 0.15) is 48.4 Å². The number of hydrogen-bond acceptors (Lipinski definition) is 6. The van der Waals surface area contributed by atoms with Crippen molar-refractivity contribution in [3.63, 3.8) is 0 Å². The molecule has 1 saturated carbocycles. The Morgan fingerprint density at radius 2 is 1.94 bits per heavy atom. The Kier molecular flexibility index (Phi) is 7.70. The number of nitrogens with one attached hydrogen (secondary N) is 3. The first kappa shape index (κ1) is 24.7. The van der Waals surface area contributed by atoms with Crippen LogP contribution in [0, 0.1) is 17.6 Å². The molecule has 2 atom stereocenters. The fourth-order valence-corrected chi connectivity index (χ4v) is 4.59. The van der Waals surface area contributed by atoms with E-state index >= 15 is 0 Å². The Labute approximate surface area is 202 Å². The lowest BCUT2D eigenvalue weighted by Gasteiger charge is -2.29. The van der Waals surface area contributed by atoms with Gasteiger partial charge in [0.05, 0.1) is 22.8 Å². The topological polar surface area (TPSA) is 103 Å². The Morgan fingerprint density at radius 3 is 2.60 bits per heavy atom. The standard InChI is InChI=1S/C14H15FN2O.C11H15FN4O/c1-8-2-3-9(6-8)13-16-12-5-4-10(15)7-11(12)14(18)17-13;1-13-11(17)10-9(12)6-8(7-15-10)16-4-2-14-3-5-16/h4-5,7-9H,2-3,6H2,1H3,(H,16,17,18);6-7,14H,2-5H2,1H3,(H,13,17). The number of benzene rings is 1. The highest BCUT2D eigenvalue weighted by molar-refractivity contribution is 5.92. The van der Waals surface area contributed by atoms with Crippen molar-refractivity contribution in [3.8, 4) is 0 Å². The van der Waals surface area contributed by atoms with Gasteiger partial charge >= 0.3 is 0 Å². The molecule has 1 amide bonds. The minimum Gasteiger partial charge on any atom is -0.368 e. The summed E-state index contributed by atoms with van der Waals surface area (Å²) in [5, 5.41) is 5.90. The fraction of sp³-hybridized carbons (Fsp3) is 0.440. The molecular weight excluding hydrogens is 454 g/mol. The summed E-state index contributed by atoms with van der Waals surface area (Å²) < 4.78 is 26.8. The molecule has 35 heavy (non-hydrogen) atoms. The van der Waals surface area contributed by atoms with Crippen LogP contribution in [0.2, 0.25) is 0 Å². The summed E-state index contributed by atoms with van der Waals surface area (Å²) in [7, 11) is 1.45. The van der Waals surface area contributed by atoms with Crippen molar-refractivity contribution in [2.45, 2.75) is 32.1 Å². The van der Waals surface area contributed by atoms with E-state index in [9.17, 15) is 18.4 Å². The van der Waals surface area contributed by atoms with E-state index in [4.69, 9.17) is 0 Å². The average molecular weight is 485 g/mol. The number of aromatic nitrogens is 3. The normalized spacial score (nSPS) is 19.8. The second-order valence-electron chi connectivity index (χ2n) is 9.07. The smallest absolute Gasteiger partial charge is 0.272 e. The van der Waals surface area contributed by atoms with E-state index in [2.05, 4.69) is 32.5 Å². The number of piperazine rings is 1. The first-order chi connectivity index (χ1) is 16.9. The van der Waals surface area contributed by atoms with Crippen LogP contribution in [0.4, 0.5) is 14.5 Å². The summed E-state index contributed by atoms with van der Waals surface area (Å²) >= 11 is 0. The Balaban J connectivity index is 0.000000165. The van der Waals surface area contributed by atoms with Crippen LogP contribution in [0.25, 0.3) is 10.9 Å². The number of rotatable bonds is 3. The summed E-state index contributed by atoms with van der Waals surface area (Å²) in [6.07, 6.45) is 4.85. The molecule has 3 N–H and O–H groups in total. The van der Waals surface area contributed by atoms with Crippen molar-refractivity contribution in [2.75, 3.05) is 38.1 Å². The summed E-state index contributed by atoms with van der Waals surface area (Å²) in [5.41, 5.74) is 0.895. The van der Waals surface area contributed by atoms with Crippen molar-refractivity contribution >= 4 is 22.5 Å². The molecule has 3 heterocycles. The number of carbonyl (C=O) groups is 1. The lowest BCUT2D eigenvalue weighted by molar-refractivity contribution is 0.0953. The summed E-state index contributed by atoms with van der Waals surface area (Å²) in [6.45, 7) is 5.60. The molecule has 2 aliphatic rings. The van der Waals surface area contributed by atoms with Crippen LogP contribution in [0.5, 0.6) is 0 Å². The van der Waals surface area contributed by atoms with E-state index in [0.29, 0.717) is 22.7 Å². The fourth-order valence-electron chi connectivity index (χ4n) is 4.59. The quantitative estimate of drug-likeness (QED) is 0.528. The molecule has 1 aliphatic carbocycles. The molecule has 2 fully saturated rings. The van der Waals surface area contributed by atoms with Crippen LogP contribution < -0.4 is 21.1 Å². The van der Waals surface area contributed by atoms with E-state index in [1.807, 2.05) is 4.90 Å². The number of pyridine rings is 1. The average Bonchev–Trinajstić information content (AvgIpc) is 3.31. The van der Waals surface area contributed by atoms with Gasteiger partial charge in [-0.15, -0.1) is 0 Å². The molecule has 2 unspecified atom stereocenters. The van der Waals surface area contributed by atoms with Gasteiger partial charge in [0, 0.05) is 45.2 Å². The van der Waals surface area contributed by atoms with Gasteiger partial charge in [0.15, 0.2) is 11.5 Å². The molecule has 1 aromatic carbocycles. The second-order valence-corrected chi connectivity index (χ2v) is 9.07. The molecule has 2 aromatic heterocycles. The van der Waals surface area contributed by atoms with Crippen molar-refractivity contribution in [1.29, 1.82) is 0 Å². The third-order valence-corrected chi connectivity index (χ3v) is 6.52. The van der Waals surface area contributed by atoms with Gasteiger partial charge in [-0.3, -0.25) is 9.59 Å². The Hall–Kier alpha value is -3.40. The number of anilines is 1. The maximum absolute atomic E-state index is 13.7. The largest absolute Gasteiger partial charge is 0.368 e. The SMILES string of the molecule is CC1CCC(c2nc3ccc(F)cc3c(=O)[nH]2)C1.CNC(=O)c1ncc(N2CCNCC2)cc1F. The van der Waals surface area contributed by atoms with Gasteiger partial charge in [-0.05, 0) is 43.4 Å². The third kappa shape index (κ3) is 5.82. The first-order valence-electron chi connectivity index (χ1n) is 11.9. The lowest BCUT2D eigenvalue weighted by atomic mass is 10.1. The highest BCUT2D eigenvalue weighted by Gasteiger charge is 2.25. The Bertz CT molecular complexity index is 1260. The molecule has 5 rings (SSSR count). The number of nitrogens with zero attached hydrogens (tertiary/aromatic N) is 3. The summed E-state index contributed by atoms with van der Waals surface area (Å²) in [5.74, 6) is 0.279. The zero-order valence-electron chi connectivity index (χ0n) is 19.9. The number of carbonyl (C=O) groups excluding carboxylic acids is 1. The summed E-state index contributed by atoms with van der Waals surface area (Å²) in [6, 6.07) is 5.52. The molecule has 8 nitrogen and oxygen atoms in total. The third-order valence-electron chi connectivity index (χ3n) is 6.52. The number of H-pyrrole nitrogens is 1. The molecule has 1 saturated heterocycles. The van der Waals surface area contributed by atoms with Crippen LogP contribution >= 0.6 is 0 Å². The predicted molar refractivity (Wildman–Crippen MR) is 131 cm³/mol. The maximum Gasteiger partial charge on any atom is 0.272 e. The van der Waals surface area contributed by atoms with Crippen LogP contribution in [0.15, 0.2) is 35.3 Å². The molecule has 186 valence electrons. The molecule has 0 radical (unpaired) electrons. The highest BCUT2D eigenvalue weighted by atomic mass is 19.1. The number of amides is 1. The zero-order chi connectivity index (χ0) is 24.9. The van der Waals surface area contributed by atoms with E-state index in [1.54, 1.807) is 12.3 Å². The van der Waals surface area contributed by atoms with Crippen LogP contribution in [0.3, 0.4) is 0 Å². The number of halogens is 2. The van der Waals surface area contributed by atoms with Gasteiger partial charge in [0.1, 0.15) is 11.6 Å². The van der Waals surface area contributed by atoms with Gasteiger partial charge in [-0.1, -0.05) is 6.92 Å². The van der Waals surface area contributed by atoms with Crippen molar-refractivity contribution in [2.24, 2.45) is 5.92 Å².